The number of nitrogens with zero attached hydrogens (tertiary/aromatic N) is 2. The quantitative estimate of drug-likeness (QED) is 0.512. The van der Waals surface area contributed by atoms with E-state index in [4.69, 9.17) is 0 Å². The number of imidazole rings is 1. The van der Waals surface area contributed by atoms with Crippen LogP contribution in [0.15, 0.2) is 11.2 Å². The van der Waals surface area contributed by atoms with Gasteiger partial charge in [-0.25, -0.2) is 18.1 Å². The van der Waals surface area contributed by atoms with Gasteiger partial charge >= 0.3 is 0 Å². The maximum absolute atomic E-state index is 12.1. The molecule has 0 saturated heterocycles. The van der Waals surface area contributed by atoms with Crippen molar-refractivity contribution in [1.82, 2.24) is 14.3 Å². The fourth-order valence-electron chi connectivity index (χ4n) is 1.93. The Morgan fingerprint density at radius 3 is 2.65 bits per heavy atom. The van der Waals surface area contributed by atoms with Gasteiger partial charge < -0.3 is 4.57 Å². The molecule has 5 nitrogen and oxygen atoms in total. The molecule has 1 aromatic rings. The Bertz CT molecular complexity index is 500. The minimum atomic E-state index is -3.46. The lowest BCUT2D eigenvalue weighted by Crippen LogP contribution is -2.25. The minimum Gasteiger partial charge on any atom is -0.334 e. The number of sulfonamides is 1. The van der Waals surface area contributed by atoms with E-state index >= 15 is 0 Å². The molecule has 1 aromatic heterocycles. The van der Waals surface area contributed by atoms with Crippen molar-refractivity contribution in [2.75, 3.05) is 11.9 Å². The van der Waals surface area contributed by atoms with Gasteiger partial charge in [0.1, 0.15) is 5.82 Å². The fourth-order valence-corrected chi connectivity index (χ4v) is 3.41. The first kappa shape index (κ1) is 17.7. The SMILES string of the molecule is CCCn1cc(S(=O)(=O)NCCCCCCBr)nc1C. The molecule has 0 fully saturated rings. The second-order valence-electron chi connectivity index (χ2n) is 4.82. The van der Waals surface area contributed by atoms with E-state index in [-0.39, 0.29) is 5.03 Å². The molecular weight excluding hydrogens is 342 g/mol. The Kier molecular flexibility index (Phi) is 7.76. The Morgan fingerprint density at radius 1 is 1.30 bits per heavy atom. The molecule has 1 N–H and O–H groups in total. The van der Waals surface area contributed by atoms with Crippen molar-refractivity contribution in [3.63, 3.8) is 0 Å². The van der Waals surface area contributed by atoms with E-state index in [1.807, 2.05) is 11.5 Å². The second-order valence-corrected chi connectivity index (χ2v) is 7.33. The number of alkyl halides is 1. The third kappa shape index (κ3) is 5.54. The summed E-state index contributed by atoms with van der Waals surface area (Å²) < 4.78 is 28.7. The highest BCUT2D eigenvalue weighted by molar-refractivity contribution is 9.09. The van der Waals surface area contributed by atoms with Crippen molar-refractivity contribution < 1.29 is 8.42 Å². The molecule has 1 rings (SSSR count). The van der Waals surface area contributed by atoms with Crippen LogP contribution in [0.1, 0.15) is 44.9 Å². The number of hydrogen-bond donors (Lipinski definition) is 1. The molecule has 0 saturated carbocycles. The van der Waals surface area contributed by atoms with Crippen LogP contribution in [0, 0.1) is 6.92 Å². The highest BCUT2D eigenvalue weighted by Gasteiger charge is 2.18. The van der Waals surface area contributed by atoms with Gasteiger partial charge in [-0.1, -0.05) is 35.7 Å². The fraction of sp³-hybridized carbons (Fsp3) is 0.769. The standard InChI is InChI=1S/C13H24BrN3O2S/c1-3-10-17-11-13(16-12(17)2)20(18,19)15-9-7-5-4-6-8-14/h11,15H,3-10H2,1-2H3. The van der Waals surface area contributed by atoms with Crippen LogP contribution in [0.5, 0.6) is 0 Å². The molecule has 0 aliphatic rings. The van der Waals surface area contributed by atoms with Gasteiger partial charge in [0.15, 0.2) is 5.03 Å². The number of nitrogens with one attached hydrogen (secondary N) is 1. The zero-order chi connectivity index (χ0) is 15.0. The maximum atomic E-state index is 12.1. The van der Waals surface area contributed by atoms with Gasteiger partial charge in [0.2, 0.25) is 0 Å². The van der Waals surface area contributed by atoms with E-state index in [2.05, 4.69) is 32.6 Å². The zero-order valence-corrected chi connectivity index (χ0v) is 14.6. The first-order valence-electron chi connectivity index (χ1n) is 7.10. The van der Waals surface area contributed by atoms with Crippen LogP contribution >= 0.6 is 15.9 Å². The summed E-state index contributed by atoms with van der Waals surface area (Å²) in [5, 5.41) is 1.14. The molecule has 0 amide bonds. The average molecular weight is 366 g/mol. The van der Waals surface area contributed by atoms with Crippen molar-refractivity contribution in [3.05, 3.63) is 12.0 Å². The van der Waals surface area contributed by atoms with Crippen LogP contribution in [-0.4, -0.2) is 29.8 Å². The summed E-state index contributed by atoms with van der Waals surface area (Å²) >= 11 is 3.38. The summed E-state index contributed by atoms with van der Waals surface area (Å²) in [4.78, 5) is 4.14. The molecule has 0 spiro atoms. The number of rotatable bonds is 10. The molecule has 0 bridgehead atoms. The first-order chi connectivity index (χ1) is 9.51. The number of halogens is 1. The molecule has 0 unspecified atom stereocenters. The van der Waals surface area contributed by atoms with Crippen LogP contribution in [-0.2, 0) is 16.6 Å². The smallest absolute Gasteiger partial charge is 0.259 e. The lowest BCUT2D eigenvalue weighted by Gasteiger charge is -2.04. The predicted molar refractivity (Wildman–Crippen MR) is 84.7 cm³/mol. The topological polar surface area (TPSA) is 64.0 Å². The van der Waals surface area contributed by atoms with Crippen molar-refractivity contribution in [1.29, 1.82) is 0 Å². The van der Waals surface area contributed by atoms with Gasteiger partial charge in [-0.2, -0.15) is 0 Å². The molecule has 0 aliphatic carbocycles. The Labute approximate surface area is 130 Å². The largest absolute Gasteiger partial charge is 0.334 e. The van der Waals surface area contributed by atoms with E-state index in [1.165, 1.54) is 0 Å². The average Bonchev–Trinajstić information content (AvgIpc) is 2.77. The summed E-state index contributed by atoms with van der Waals surface area (Å²) in [6, 6.07) is 0. The van der Waals surface area contributed by atoms with Gasteiger partial charge in [0, 0.05) is 24.6 Å². The van der Waals surface area contributed by atoms with Gasteiger partial charge in [-0.3, -0.25) is 0 Å². The van der Waals surface area contributed by atoms with E-state index in [0.717, 1.165) is 49.8 Å². The molecular formula is C13H24BrN3O2S. The van der Waals surface area contributed by atoms with Gasteiger partial charge in [0.25, 0.3) is 10.0 Å². The summed E-state index contributed by atoms with van der Waals surface area (Å²) in [6.45, 7) is 5.15. The monoisotopic (exact) mass is 365 g/mol. The summed E-state index contributed by atoms with van der Waals surface area (Å²) in [6.07, 6.45) is 6.73. The first-order valence-corrected chi connectivity index (χ1v) is 9.71. The lowest BCUT2D eigenvalue weighted by atomic mass is 10.2. The van der Waals surface area contributed by atoms with Crippen molar-refractivity contribution in [2.45, 2.75) is 57.5 Å². The van der Waals surface area contributed by atoms with E-state index in [9.17, 15) is 8.42 Å². The van der Waals surface area contributed by atoms with E-state index in [0.29, 0.717) is 6.54 Å². The van der Waals surface area contributed by atoms with Crippen LogP contribution in [0.2, 0.25) is 0 Å². The van der Waals surface area contributed by atoms with Gasteiger partial charge in [-0.05, 0) is 26.2 Å². The molecule has 7 heteroatoms. The van der Waals surface area contributed by atoms with Crippen LogP contribution in [0.4, 0.5) is 0 Å². The Balaban J connectivity index is 2.49. The molecule has 116 valence electrons. The van der Waals surface area contributed by atoms with Crippen molar-refractivity contribution in [3.8, 4) is 0 Å². The zero-order valence-electron chi connectivity index (χ0n) is 12.2. The summed E-state index contributed by atoms with van der Waals surface area (Å²) in [7, 11) is -3.46. The second kappa shape index (κ2) is 8.79. The molecule has 0 atom stereocenters. The van der Waals surface area contributed by atoms with Crippen LogP contribution < -0.4 is 4.72 Å². The maximum Gasteiger partial charge on any atom is 0.259 e. The van der Waals surface area contributed by atoms with Crippen LogP contribution in [0.25, 0.3) is 0 Å². The normalized spacial score (nSPS) is 11.9. The third-order valence-corrected chi connectivity index (χ3v) is 4.94. The number of hydrogen-bond acceptors (Lipinski definition) is 3. The summed E-state index contributed by atoms with van der Waals surface area (Å²) in [5.41, 5.74) is 0. The van der Waals surface area contributed by atoms with Gasteiger partial charge in [-0.15, -0.1) is 0 Å². The van der Waals surface area contributed by atoms with E-state index in [1.54, 1.807) is 6.20 Å². The molecule has 0 aliphatic heterocycles. The highest BCUT2D eigenvalue weighted by atomic mass is 79.9. The number of unbranched alkanes of at least 4 members (excludes halogenated alkanes) is 3. The highest BCUT2D eigenvalue weighted by Crippen LogP contribution is 2.10. The van der Waals surface area contributed by atoms with Gasteiger partial charge in [0.05, 0.1) is 0 Å². The number of aromatic nitrogens is 2. The lowest BCUT2D eigenvalue weighted by molar-refractivity contribution is 0.570. The Hall–Kier alpha value is -0.400. The molecule has 20 heavy (non-hydrogen) atoms. The van der Waals surface area contributed by atoms with Crippen molar-refractivity contribution >= 4 is 26.0 Å². The molecule has 1 heterocycles. The summed E-state index contributed by atoms with van der Waals surface area (Å²) in [5.74, 6) is 0.740. The predicted octanol–water partition coefficient (Wildman–Crippen LogP) is 2.84. The van der Waals surface area contributed by atoms with Crippen LogP contribution in [0.3, 0.4) is 0 Å². The number of aryl methyl sites for hydroxylation is 2. The Morgan fingerprint density at radius 2 is 2.00 bits per heavy atom. The molecule has 0 radical (unpaired) electrons. The molecule has 0 aromatic carbocycles. The third-order valence-electron chi connectivity index (χ3n) is 3.05. The minimum absolute atomic E-state index is 0.129. The van der Waals surface area contributed by atoms with Crippen molar-refractivity contribution in [2.24, 2.45) is 0 Å². The van der Waals surface area contributed by atoms with E-state index < -0.39 is 10.0 Å².